The maximum Gasteiger partial charge on any atom is 0.0571 e. The van der Waals surface area contributed by atoms with E-state index in [4.69, 9.17) is 0 Å². The van der Waals surface area contributed by atoms with Crippen molar-refractivity contribution in [1.29, 1.82) is 0 Å². The third-order valence-corrected chi connectivity index (χ3v) is 4.09. The standard InChI is InChI=1S/C14H24N2O/c1-11-3-6-13(7-4-11)14(17)8-5-12-9-15-16(2)10-12/h9-11,13-14,17H,3-8H2,1-2H3. The van der Waals surface area contributed by atoms with Gasteiger partial charge in [0.05, 0.1) is 12.3 Å². The third kappa shape index (κ3) is 3.56. The molecule has 1 saturated carbocycles. The van der Waals surface area contributed by atoms with Crippen LogP contribution in [0.5, 0.6) is 0 Å². The summed E-state index contributed by atoms with van der Waals surface area (Å²) in [6.07, 6.45) is 10.6. The highest BCUT2D eigenvalue weighted by Gasteiger charge is 2.24. The molecule has 17 heavy (non-hydrogen) atoms. The van der Waals surface area contributed by atoms with Gasteiger partial charge in [-0.2, -0.15) is 5.10 Å². The second kappa shape index (κ2) is 5.67. The van der Waals surface area contributed by atoms with Gasteiger partial charge in [0.1, 0.15) is 0 Å². The smallest absolute Gasteiger partial charge is 0.0571 e. The molecule has 1 aliphatic carbocycles. The Balaban J connectivity index is 1.75. The molecule has 3 heteroatoms. The van der Waals surface area contributed by atoms with Crippen LogP contribution in [0.15, 0.2) is 12.4 Å². The SMILES string of the molecule is CC1CCC(C(O)CCc2cnn(C)c2)CC1. The molecule has 0 radical (unpaired) electrons. The summed E-state index contributed by atoms with van der Waals surface area (Å²) in [5.41, 5.74) is 1.23. The topological polar surface area (TPSA) is 38.1 Å². The highest BCUT2D eigenvalue weighted by atomic mass is 16.3. The Morgan fingerprint density at radius 3 is 2.71 bits per heavy atom. The summed E-state index contributed by atoms with van der Waals surface area (Å²) in [5, 5.41) is 14.4. The molecule has 3 nitrogen and oxygen atoms in total. The van der Waals surface area contributed by atoms with Crippen LogP contribution in [-0.4, -0.2) is 21.0 Å². The summed E-state index contributed by atoms with van der Waals surface area (Å²) in [6, 6.07) is 0. The lowest BCUT2D eigenvalue weighted by Crippen LogP contribution is -2.25. The van der Waals surface area contributed by atoms with Crippen molar-refractivity contribution >= 4 is 0 Å². The van der Waals surface area contributed by atoms with Gasteiger partial charge in [0.15, 0.2) is 0 Å². The number of hydrogen-bond donors (Lipinski definition) is 1. The molecular formula is C14H24N2O. The zero-order chi connectivity index (χ0) is 12.3. The van der Waals surface area contributed by atoms with Crippen LogP contribution in [0.3, 0.4) is 0 Å². The fourth-order valence-electron chi connectivity index (χ4n) is 2.82. The number of nitrogens with zero attached hydrogens (tertiary/aromatic N) is 2. The van der Waals surface area contributed by atoms with Gasteiger partial charge in [0.2, 0.25) is 0 Å². The van der Waals surface area contributed by atoms with Crippen molar-refractivity contribution in [3.63, 3.8) is 0 Å². The van der Waals surface area contributed by atoms with Crippen molar-refractivity contribution in [3.8, 4) is 0 Å². The van der Waals surface area contributed by atoms with E-state index in [1.807, 2.05) is 24.1 Å². The van der Waals surface area contributed by atoms with Crippen molar-refractivity contribution in [3.05, 3.63) is 18.0 Å². The first-order valence-corrected chi connectivity index (χ1v) is 6.80. The van der Waals surface area contributed by atoms with Gasteiger partial charge < -0.3 is 5.11 Å². The lowest BCUT2D eigenvalue weighted by molar-refractivity contribution is 0.0690. The summed E-state index contributed by atoms with van der Waals surface area (Å²) in [7, 11) is 1.93. The van der Waals surface area contributed by atoms with E-state index in [9.17, 15) is 5.11 Å². The molecular weight excluding hydrogens is 212 g/mol. The number of aliphatic hydroxyl groups is 1. The second-order valence-electron chi connectivity index (χ2n) is 5.65. The van der Waals surface area contributed by atoms with E-state index < -0.39 is 0 Å². The molecule has 96 valence electrons. The monoisotopic (exact) mass is 236 g/mol. The molecule has 0 saturated heterocycles. The number of rotatable bonds is 4. The molecule has 0 amide bonds. The first-order valence-electron chi connectivity index (χ1n) is 6.80. The van der Waals surface area contributed by atoms with Gasteiger partial charge in [-0.25, -0.2) is 0 Å². The number of aryl methyl sites for hydroxylation is 2. The van der Waals surface area contributed by atoms with Gasteiger partial charge in [-0.15, -0.1) is 0 Å². The minimum atomic E-state index is -0.122. The Morgan fingerprint density at radius 2 is 2.12 bits per heavy atom. The summed E-state index contributed by atoms with van der Waals surface area (Å²) >= 11 is 0. The second-order valence-corrected chi connectivity index (χ2v) is 5.65. The fourth-order valence-corrected chi connectivity index (χ4v) is 2.82. The zero-order valence-corrected chi connectivity index (χ0v) is 11.0. The van der Waals surface area contributed by atoms with Crippen molar-refractivity contribution < 1.29 is 5.11 Å². The predicted octanol–water partition coefficient (Wildman–Crippen LogP) is 2.54. The minimum absolute atomic E-state index is 0.122. The Kier molecular flexibility index (Phi) is 4.21. The third-order valence-electron chi connectivity index (χ3n) is 4.09. The van der Waals surface area contributed by atoms with Crippen molar-refractivity contribution in [2.24, 2.45) is 18.9 Å². The molecule has 1 N–H and O–H groups in total. The molecule has 0 bridgehead atoms. The fraction of sp³-hybridized carbons (Fsp3) is 0.786. The van der Waals surface area contributed by atoms with Crippen LogP contribution >= 0.6 is 0 Å². The van der Waals surface area contributed by atoms with E-state index in [2.05, 4.69) is 12.0 Å². The molecule has 1 atom stereocenters. The summed E-state index contributed by atoms with van der Waals surface area (Å²) < 4.78 is 1.82. The van der Waals surface area contributed by atoms with Crippen LogP contribution in [0.25, 0.3) is 0 Å². The molecule has 0 aliphatic heterocycles. The van der Waals surface area contributed by atoms with E-state index in [1.165, 1.54) is 31.2 Å². The van der Waals surface area contributed by atoms with Gasteiger partial charge in [-0.05, 0) is 43.1 Å². The average molecular weight is 236 g/mol. The Labute approximate surface area is 104 Å². The van der Waals surface area contributed by atoms with Gasteiger partial charge in [-0.3, -0.25) is 4.68 Å². The normalized spacial score (nSPS) is 27.0. The molecule has 1 aliphatic rings. The summed E-state index contributed by atoms with van der Waals surface area (Å²) in [6.45, 7) is 2.32. The van der Waals surface area contributed by atoms with Crippen LogP contribution in [0.2, 0.25) is 0 Å². The highest BCUT2D eigenvalue weighted by molar-refractivity contribution is 5.03. The van der Waals surface area contributed by atoms with Gasteiger partial charge in [-0.1, -0.05) is 19.8 Å². The van der Waals surface area contributed by atoms with Gasteiger partial charge >= 0.3 is 0 Å². The quantitative estimate of drug-likeness (QED) is 0.872. The van der Waals surface area contributed by atoms with E-state index >= 15 is 0 Å². The van der Waals surface area contributed by atoms with E-state index in [-0.39, 0.29) is 6.10 Å². The number of hydrogen-bond acceptors (Lipinski definition) is 2. The van der Waals surface area contributed by atoms with Crippen LogP contribution in [-0.2, 0) is 13.5 Å². The van der Waals surface area contributed by atoms with Crippen LogP contribution in [0, 0.1) is 11.8 Å². The van der Waals surface area contributed by atoms with Crippen LogP contribution < -0.4 is 0 Å². The summed E-state index contributed by atoms with van der Waals surface area (Å²) in [4.78, 5) is 0. The van der Waals surface area contributed by atoms with Gasteiger partial charge in [0.25, 0.3) is 0 Å². The number of aliphatic hydroxyl groups excluding tert-OH is 1. The zero-order valence-electron chi connectivity index (χ0n) is 11.0. The van der Waals surface area contributed by atoms with E-state index in [0.29, 0.717) is 5.92 Å². The van der Waals surface area contributed by atoms with E-state index in [1.54, 1.807) is 0 Å². The molecule has 1 fully saturated rings. The molecule has 1 unspecified atom stereocenters. The Morgan fingerprint density at radius 1 is 1.41 bits per heavy atom. The number of aromatic nitrogens is 2. The van der Waals surface area contributed by atoms with Crippen LogP contribution in [0.4, 0.5) is 0 Å². The van der Waals surface area contributed by atoms with Crippen molar-refractivity contribution in [2.75, 3.05) is 0 Å². The maximum absolute atomic E-state index is 10.2. The lowest BCUT2D eigenvalue weighted by atomic mass is 9.79. The summed E-state index contributed by atoms with van der Waals surface area (Å²) in [5.74, 6) is 1.39. The Bertz CT molecular complexity index is 340. The first-order chi connectivity index (χ1) is 8.15. The minimum Gasteiger partial charge on any atom is -0.393 e. The molecule has 0 aromatic carbocycles. The predicted molar refractivity (Wildman–Crippen MR) is 68.7 cm³/mol. The molecule has 1 aromatic rings. The van der Waals surface area contributed by atoms with Crippen molar-refractivity contribution in [2.45, 2.75) is 51.6 Å². The Hall–Kier alpha value is -0.830. The van der Waals surface area contributed by atoms with Crippen molar-refractivity contribution in [1.82, 2.24) is 9.78 Å². The molecule has 1 heterocycles. The molecule has 2 rings (SSSR count). The molecule has 0 spiro atoms. The lowest BCUT2D eigenvalue weighted by Gasteiger charge is -2.29. The average Bonchev–Trinajstić information content (AvgIpc) is 2.73. The first kappa shape index (κ1) is 12.6. The maximum atomic E-state index is 10.2. The van der Waals surface area contributed by atoms with E-state index in [0.717, 1.165) is 18.8 Å². The largest absolute Gasteiger partial charge is 0.393 e. The molecule has 1 aromatic heterocycles. The van der Waals surface area contributed by atoms with Crippen LogP contribution in [0.1, 0.15) is 44.6 Å². The van der Waals surface area contributed by atoms with Gasteiger partial charge in [0, 0.05) is 13.2 Å². The highest BCUT2D eigenvalue weighted by Crippen LogP contribution is 2.31.